The van der Waals surface area contributed by atoms with Crippen LogP contribution in [0, 0.1) is 5.92 Å². The minimum absolute atomic E-state index is 0.0994. The van der Waals surface area contributed by atoms with Crippen LogP contribution >= 0.6 is 15.9 Å². The largest absolute Gasteiger partial charge is 0.383 e. The van der Waals surface area contributed by atoms with Crippen molar-refractivity contribution in [3.8, 4) is 0 Å². The first kappa shape index (κ1) is 13.6. The van der Waals surface area contributed by atoms with Gasteiger partial charge in [-0.3, -0.25) is 4.79 Å². The molecule has 1 heterocycles. The molecule has 1 aromatic rings. The minimum atomic E-state index is -0.0994. The van der Waals surface area contributed by atoms with Crippen molar-refractivity contribution in [2.45, 2.75) is 38.5 Å². The van der Waals surface area contributed by atoms with Gasteiger partial charge in [-0.05, 0) is 28.3 Å². The van der Waals surface area contributed by atoms with Crippen molar-refractivity contribution < 1.29 is 0 Å². The number of rotatable bonds is 4. The maximum Gasteiger partial charge on any atom is 0.282 e. The Kier molecular flexibility index (Phi) is 4.80. The molecule has 4 nitrogen and oxygen atoms in total. The molecule has 0 saturated heterocycles. The smallest absolute Gasteiger partial charge is 0.282 e. The summed E-state index contributed by atoms with van der Waals surface area (Å²) in [5.41, 5.74) is 0.701. The molecule has 0 aromatic carbocycles. The average Bonchev–Trinajstić information content (AvgIpc) is 2.40. The monoisotopic (exact) mass is 313 g/mol. The van der Waals surface area contributed by atoms with E-state index in [4.69, 9.17) is 0 Å². The van der Waals surface area contributed by atoms with Gasteiger partial charge in [0.25, 0.3) is 5.56 Å². The van der Waals surface area contributed by atoms with Gasteiger partial charge >= 0.3 is 0 Å². The number of anilines is 1. The predicted molar refractivity (Wildman–Crippen MR) is 76.9 cm³/mol. The van der Waals surface area contributed by atoms with Crippen molar-refractivity contribution >= 4 is 21.6 Å². The number of aromatic nitrogens is 2. The van der Waals surface area contributed by atoms with Crippen molar-refractivity contribution in [2.75, 3.05) is 11.9 Å². The summed E-state index contributed by atoms with van der Waals surface area (Å²) >= 11 is 3.32. The lowest BCUT2D eigenvalue weighted by molar-refractivity contribution is 0.345. The van der Waals surface area contributed by atoms with Gasteiger partial charge in [-0.15, -0.1) is 0 Å². The SMILES string of the molecule is Cn1ncc(NCCC2CCCCC2)c(Br)c1=O. The van der Waals surface area contributed by atoms with Gasteiger partial charge in [-0.2, -0.15) is 5.10 Å². The first-order valence-electron chi connectivity index (χ1n) is 6.64. The number of hydrogen-bond donors (Lipinski definition) is 1. The van der Waals surface area contributed by atoms with Crippen LogP contribution in [0.5, 0.6) is 0 Å². The number of nitrogens with zero attached hydrogens (tertiary/aromatic N) is 2. The molecule has 2 rings (SSSR count). The molecular weight excluding hydrogens is 294 g/mol. The van der Waals surface area contributed by atoms with Gasteiger partial charge in [0.05, 0.1) is 11.9 Å². The standard InChI is InChI=1S/C13H20BrN3O/c1-17-13(18)12(14)11(9-16-17)15-8-7-10-5-3-2-4-6-10/h9-10,15H,2-8H2,1H3. The van der Waals surface area contributed by atoms with Crippen LogP contribution in [-0.2, 0) is 7.05 Å². The third kappa shape index (κ3) is 3.34. The van der Waals surface area contributed by atoms with Crippen LogP contribution in [0.4, 0.5) is 5.69 Å². The molecule has 0 bridgehead atoms. The first-order valence-corrected chi connectivity index (χ1v) is 7.43. The highest BCUT2D eigenvalue weighted by Gasteiger charge is 2.13. The second-order valence-corrected chi connectivity index (χ2v) is 5.81. The number of halogens is 1. The quantitative estimate of drug-likeness (QED) is 0.929. The molecule has 5 heteroatoms. The highest BCUT2D eigenvalue weighted by atomic mass is 79.9. The van der Waals surface area contributed by atoms with Gasteiger partial charge in [0.1, 0.15) is 4.47 Å². The van der Waals surface area contributed by atoms with Gasteiger partial charge in [0.2, 0.25) is 0 Å². The predicted octanol–water partition coefficient (Wildman–Crippen LogP) is 2.93. The van der Waals surface area contributed by atoms with E-state index in [2.05, 4.69) is 26.3 Å². The van der Waals surface area contributed by atoms with Crippen LogP contribution < -0.4 is 10.9 Å². The van der Waals surface area contributed by atoms with Crippen LogP contribution in [0.2, 0.25) is 0 Å². The molecule has 1 fully saturated rings. The maximum atomic E-state index is 11.7. The summed E-state index contributed by atoms with van der Waals surface area (Å²) in [6, 6.07) is 0. The van der Waals surface area contributed by atoms with Crippen molar-refractivity contribution in [3.05, 3.63) is 21.0 Å². The molecule has 18 heavy (non-hydrogen) atoms. The fraction of sp³-hybridized carbons (Fsp3) is 0.692. The molecule has 0 aliphatic heterocycles. The Morgan fingerprint density at radius 3 is 2.89 bits per heavy atom. The zero-order chi connectivity index (χ0) is 13.0. The number of nitrogens with one attached hydrogen (secondary N) is 1. The van der Waals surface area contributed by atoms with Crippen molar-refractivity contribution in [2.24, 2.45) is 13.0 Å². The fourth-order valence-electron chi connectivity index (χ4n) is 2.52. The van der Waals surface area contributed by atoms with Crippen LogP contribution in [0.15, 0.2) is 15.5 Å². The molecule has 0 radical (unpaired) electrons. The van der Waals surface area contributed by atoms with Crippen molar-refractivity contribution in [1.82, 2.24) is 9.78 Å². The minimum Gasteiger partial charge on any atom is -0.383 e. The van der Waals surface area contributed by atoms with E-state index in [1.807, 2.05) is 0 Å². The molecule has 1 aliphatic rings. The summed E-state index contributed by atoms with van der Waals surface area (Å²) < 4.78 is 1.90. The van der Waals surface area contributed by atoms with E-state index in [9.17, 15) is 4.79 Å². The summed E-state index contributed by atoms with van der Waals surface area (Å²) in [5, 5.41) is 7.32. The molecule has 0 unspecified atom stereocenters. The summed E-state index contributed by atoms with van der Waals surface area (Å²) in [4.78, 5) is 11.7. The zero-order valence-corrected chi connectivity index (χ0v) is 12.4. The van der Waals surface area contributed by atoms with E-state index in [1.165, 1.54) is 43.2 Å². The van der Waals surface area contributed by atoms with E-state index in [1.54, 1.807) is 13.2 Å². The van der Waals surface area contributed by atoms with Gasteiger partial charge in [-0.25, -0.2) is 4.68 Å². The normalized spacial score (nSPS) is 16.8. The lowest BCUT2D eigenvalue weighted by atomic mass is 9.87. The second kappa shape index (κ2) is 6.36. The van der Waals surface area contributed by atoms with Gasteiger partial charge < -0.3 is 5.32 Å². The van der Waals surface area contributed by atoms with Crippen LogP contribution in [0.1, 0.15) is 38.5 Å². The molecule has 0 atom stereocenters. The van der Waals surface area contributed by atoms with Crippen molar-refractivity contribution in [3.63, 3.8) is 0 Å². The summed E-state index contributed by atoms with van der Waals surface area (Å²) in [7, 11) is 1.65. The van der Waals surface area contributed by atoms with E-state index in [0.29, 0.717) is 4.47 Å². The number of hydrogen-bond acceptors (Lipinski definition) is 3. The molecule has 1 saturated carbocycles. The highest BCUT2D eigenvalue weighted by molar-refractivity contribution is 9.10. The average molecular weight is 314 g/mol. The summed E-state index contributed by atoms with van der Waals surface area (Å²) in [6.45, 7) is 0.915. The number of aryl methyl sites for hydroxylation is 1. The lowest BCUT2D eigenvalue weighted by Crippen LogP contribution is -2.22. The summed E-state index contributed by atoms with van der Waals surface area (Å²) in [5.74, 6) is 0.851. The van der Waals surface area contributed by atoms with E-state index in [0.717, 1.165) is 18.2 Å². The fourth-order valence-corrected chi connectivity index (χ4v) is 3.02. The Morgan fingerprint density at radius 1 is 1.44 bits per heavy atom. The molecular formula is C13H20BrN3O. The van der Waals surface area contributed by atoms with Crippen LogP contribution in [-0.4, -0.2) is 16.3 Å². The highest BCUT2D eigenvalue weighted by Crippen LogP contribution is 2.26. The third-order valence-electron chi connectivity index (χ3n) is 3.67. The Hall–Kier alpha value is -0.840. The Morgan fingerprint density at radius 2 is 2.17 bits per heavy atom. The first-order chi connectivity index (χ1) is 8.68. The molecule has 100 valence electrons. The third-order valence-corrected chi connectivity index (χ3v) is 4.44. The molecule has 0 spiro atoms. The Labute approximate surface area is 116 Å². The van der Waals surface area contributed by atoms with Gasteiger partial charge in [0.15, 0.2) is 0 Å². The van der Waals surface area contributed by atoms with E-state index < -0.39 is 0 Å². The lowest BCUT2D eigenvalue weighted by Gasteiger charge is -2.21. The second-order valence-electron chi connectivity index (χ2n) is 5.02. The molecule has 1 aliphatic carbocycles. The zero-order valence-electron chi connectivity index (χ0n) is 10.8. The van der Waals surface area contributed by atoms with Crippen molar-refractivity contribution in [1.29, 1.82) is 0 Å². The van der Waals surface area contributed by atoms with Crippen LogP contribution in [0.3, 0.4) is 0 Å². The van der Waals surface area contributed by atoms with Gasteiger partial charge in [-0.1, -0.05) is 32.1 Å². The van der Waals surface area contributed by atoms with Crippen LogP contribution in [0.25, 0.3) is 0 Å². The van der Waals surface area contributed by atoms with Gasteiger partial charge in [0, 0.05) is 13.6 Å². The summed E-state index contributed by atoms with van der Waals surface area (Å²) in [6.07, 6.45) is 9.75. The van der Waals surface area contributed by atoms with E-state index >= 15 is 0 Å². The molecule has 1 aromatic heterocycles. The Balaban J connectivity index is 1.86. The van der Waals surface area contributed by atoms with E-state index in [-0.39, 0.29) is 5.56 Å². The maximum absolute atomic E-state index is 11.7. The Bertz CT molecular complexity index is 452. The molecule has 1 N–H and O–H groups in total. The topological polar surface area (TPSA) is 46.9 Å². The molecule has 0 amide bonds.